The zero-order valence-electron chi connectivity index (χ0n) is 11.2. The third kappa shape index (κ3) is 3.07. The molecule has 0 amide bonds. The van der Waals surface area contributed by atoms with Crippen molar-refractivity contribution in [3.8, 4) is 23.1 Å². The molecule has 0 radical (unpaired) electrons. The van der Waals surface area contributed by atoms with Crippen LogP contribution in [0.15, 0.2) is 71.5 Å². The molecule has 21 heavy (non-hydrogen) atoms. The van der Waals surface area contributed by atoms with Crippen LogP contribution < -0.4 is 5.56 Å². The van der Waals surface area contributed by atoms with Gasteiger partial charge >= 0.3 is 0 Å². The van der Waals surface area contributed by atoms with Gasteiger partial charge in [-0.05, 0) is 12.1 Å². The van der Waals surface area contributed by atoms with E-state index < -0.39 is 0 Å². The second-order valence-electron chi connectivity index (χ2n) is 4.48. The first-order valence-electron chi connectivity index (χ1n) is 6.55. The van der Waals surface area contributed by atoms with E-state index in [1.54, 1.807) is 0 Å². The summed E-state index contributed by atoms with van der Waals surface area (Å²) in [4.78, 5) is 11.5. The predicted molar refractivity (Wildman–Crippen MR) is 82.7 cm³/mol. The van der Waals surface area contributed by atoms with E-state index in [9.17, 15) is 4.79 Å². The summed E-state index contributed by atoms with van der Waals surface area (Å²) in [6.45, 7) is 0. The SMILES string of the molecule is O=c1cc(C#Cc2ccccc2)c(-c2ccccc2)n[nH]1. The average Bonchev–Trinajstić information content (AvgIpc) is 2.55. The molecule has 3 rings (SSSR count). The summed E-state index contributed by atoms with van der Waals surface area (Å²) >= 11 is 0. The Balaban J connectivity index is 2.09. The molecule has 100 valence electrons. The standard InChI is InChI=1S/C18H12N2O/c21-17-13-16(12-11-14-7-3-1-4-8-14)18(20-19-17)15-9-5-2-6-10-15/h1-10,13H,(H,19,21). The van der Waals surface area contributed by atoms with Crippen LogP contribution in [0.5, 0.6) is 0 Å². The van der Waals surface area contributed by atoms with Gasteiger partial charge < -0.3 is 0 Å². The van der Waals surface area contributed by atoms with Crippen molar-refractivity contribution in [3.63, 3.8) is 0 Å². The molecule has 0 aliphatic carbocycles. The summed E-state index contributed by atoms with van der Waals surface area (Å²) in [5.74, 6) is 6.09. The van der Waals surface area contributed by atoms with Crippen molar-refractivity contribution in [1.82, 2.24) is 10.2 Å². The molecule has 1 aromatic heterocycles. The van der Waals surface area contributed by atoms with E-state index in [0.29, 0.717) is 11.3 Å². The Hall–Kier alpha value is -3.12. The van der Waals surface area contributed by atoms with Crippen molar-refractivity contribution in [1.29, 1.82) is 0 Å². The van der Waals surface area contributed by atoms with Gasteiger partial charge in [-0.1, -0.05) is 60.4 Å². The first-order valence-corrected chi connectivity index (χ1v) is 6.55. The van der Waals surface area contributed by atoms with E-state index in [2.05, 4.69) is 22.0 Å². The van der Waals surface area contributed by atoms with Crippen molar-refractivity contribution >= 4 is 0 Å². The number of H-pyrrole nitrogens is 1. The molecule has 0 bridgehead atoms. The molecule has 0 aliphatic rings. The largest absolute Gasteiger partial charge is 0.268 e. The number of nitrogens with one attached hydrogen (secondary N) is 1. The number of nitrogens with zero attached hydrogens (tertiary/aromatic N) is 1. The number of hydrogen-bond donors (Lipinski definition) is 1. The minimum absolute atomic E-state index is 0.257. The molecule has 0 spiro atoms. The maximum Gasteiger partial charge on any atom is 0.265 e. The molecule has 0 atom stereocenters. The zero-order valence-corrected chi connectivity index (χ0v) is 11.2. The van der Waals surface area contributed by atoms with E-state index in [0.717, 1.165) is 11.1 Å². The van der Waals surface area contributed by atoms with Crippen LogP contribution >= 0.6 is 0 Å². The number of hydrogen-bond acceptors (Lipinski definition) is 2. The van der Waals surface area contributed by atoms with Crippen molar-refractivity contribution in [3.05, 3.63) is 88.2 Å². The van der Waals surface area contributed by atoms with Crippen molar-refractivity contribution in [2.75, 3.05) is 0 Å². The first kappa shape index (κ1) is 12.9. The van der Waals surface area contributed by atoms with Gasteiger partial charge in [0.2, 0.25) is 0 Å². The third-order valence-electron chi connectivity index (χ3n) is 2.97. The van der Waals surface area contributed by atoms with E-state index in [-0.39, 0.29) is 5.56 Å². The molecule has 1 heterocycles. The van der Waals surface area contributed by atoms with Gasteiger partial charge in [0.1, 0.15) is 5.69 Å². The Morgan fingerprint density at radius 2 is 1.52 bits per heavy atom. The molecule has 0 unspecified atom stereocenters. The minimum atomic E-state index is -0.257. The van der Waals surface area contributed by atoms with Gasteiger partial charge in [0.05, 0.1) is 5.56 Å². The van der Waals surface area contributed by atoms with Gasteiger partial charge in [0, 0.05) is 17.2 Å². The molecule has 0 saturated carbocycles. The number of aromatic amines is 1. The van der Waals surface area contributed by atoms with Crippen LogP contribution in [0.25, 0.3) is 11.3 Å². The van der Waals surface area contributed by atoms with Crippen LogP contribution in [-0.2, 0) is 0 Å². The predicted octanol–water partition coefficient (Wildman–Crippen LogP) is 2.84. The summed E-state index contributed by atoms with van der Waals surface area (Å²) in [5, 5.41) is 6.58. The topological polar surface area (TPSA) is 45.8 Å². The maximum absolute atomic E-state index is 11.5. The van der Waals surface area contributed by atoms with E-state index in [4.69, 9.17) is 0 Å². The van der Waals surface area contributed by atoms with Gasteiger partial charge in [0.25, 0.3) is 5.56 Å². The highest BCUT2D eigenvalue weighted by Gasteiger charge is 2.05. The van der Waals surface area contributed by atoms with Crippen molar-refractivity contribution in [2.45, 2.75) is 0 Å². The second-order valence-corrected chi connectivity index (χ2v) is 4.48. The monoisotopic (exact) mass is 272 g/mol. The summed E-state index contributed by atoms with van der Waals surface area (Å²) < 4.78 is 0. The summed E-state index contributed by atoms with van der Waals surface area (Å²) in [5.41, 5.74) is 2.86. The molecule has 3 nitrogen and oxygen atoms in total. The average molecular weight is 272 g/mol. The molecule has 1 N–H and O–H groups in total. The van der Waals surface area contributed by atoms with Gasteiger partial charge in [-0.2, -0.15) is 5.10 Å². The van der Waals surface area contributed by atoms with Gasteiger partial charge in [-0.15, -0.1) is 0 Å². The number of benzene rings is 2. The Bertz CT molecular complexity index is 856. The van der Waals surface area contributed by atoms with Crippen LogP contribution in [0.4, 0.5) is 0 Å². The lowest BCUT2D eigenvalue weighted by Gasteiger charge is -2.02. The fraction of sp³-hybridized carbons (Fsp3) is 0. The molecule has 3 heteroatoms. The molecular weight excluding hydrogens is 260 g/mol. The molecule has 0 fully saturated rings. The summed E-state index contributed by atoms with van der Waals surface area (Å²) in [6, 6.07) is 20.8. The lowest BCUT2D eigenvalue weighted by molar-refractivity contribution is 0.991. The Kier molecular flexibility index (Phi) is 3.62. The highest BCUT2D eigenvalue weighted by Crippen LogP contribution is 2.18. The molecule has 3 aromatic rings. The fourth-order valence-electron chi connectivity index (χ4n) is 1.98. The Morgan fingerprint density at radius 3 is 2.24 bits per heavy atom. The fourth-order valence-corrected chi connectivity index (χ4v) is 1.98. The van der Waals surface area contributed by atoms with Crippen LogP contribution in [0.2, 0.25) is 0 Å². The van der Waals surface area contributed by atoms with Crippen molar-refractivity contribution < 1.29 is 0 Å². The number of aromatic nitrogens is 2. The first-order chi connectivity index (χ1) is 10.3. The quantitative estimate of drug-likeness (QED) is 0.692. The van der Waals surface area contributed by atoms with Crippen LogP contribution in [0.1, 0.15) is 11.1 Å². The smallest absolute Gasteiger partial charge is 0.265 e. The molecule has 2 aromatic carbocycles. The van der Waals surface area contributed by atoms with E-state index >= 15 is 0 Å². The lowest BCUT2D eigenvalue weighted by atomic mass is 10.1. The van der Waals surface area contributed by atoms with Crippen LogP contribution in [-0.4, -0.2) is 10.2 Å². The normalized spacial score (nSPS) is 9.71. The van der Waals surface area contributed by atoms with Crippen LogP contribution in [0.3, 0.4) is 0 Å². The molecule has 0 aliphatic heterocycles. The highest BCUT2D eigenvalue weighted by molar-refractivity contribution is 5.66. The third-order valence-corrected chi connectivity index (χ3v) is 2.97. The molecular formula is C18H12N2O. The van der Waals surface area contributed by atoms with Gasteiger partial charge in [-0.25, -0.2) is 5.10 Å². The van der Waals surface area contributed by atoms with Gasteiger partial charge in [-0.3, -0.25) is 4.79 Å². The second kappa shape index (κ2) is 5.89. The van der Waals surface area contributed by atoms with E-state index in [1.807, 2.05) is 60.7 Å². The Morgan fingerprint density at radius 1 is 0.857 bits per heavy atom. The maximum atomic E-state index is 11.5. The van der Waals surface area contributed by atoms with Crippen molar-refractivity contribution in [2.24, 2.45) is 0 Å². The highest BCUT2D eigenvalue weighted by atomic mass is 16.1. The lowest BCUT2D eigenvalue weighted by Crippen LogP contribution is -2.08. The molecule has 0 saturated heterocycles. The minimum Gasteiger partial charge on any atom is -0.268 e. The van der Waals surface area contributed by atoms with Crippen LogP contribution in [0, 0.1) is 11.8 Å². The number of rotatable bonds is 1. The van der Waals surface area contributed by atoms with Gasteiger partial charge in [0.15, 0.2) is 0 Å². The Labute approximate surface area is 122 Å². The summed E-state index contributed by atoms with van der Waals surface area (Å²) in [6.07, 6.45) is 0. The summed E-state index contributed by atoms with van der Waals surface area (Å²) in [7, 11) is 0. The van der Waals surface area contributed by atoms with E-state index in [1.165, 1.54) is 6.07 Å². The zero-order chi connectivity index (χ0) is 14.5.